The van der Waals surface area contributed by atoms with E-state index in [0.29, 0.717) is 18.1 Å². The fraction of sp³-hybridized carbons (Fsp3) is 0.731. The number of rotatable bonds is 15. The van der Waals surface area contributed by atoms with E-state index in [4.69, 9.17) is 4.74 Å². The first kappa shape index (κ1) is 27.6. The van der Waals surface area contributed by atoms with Crippen molar-refractivity contribution in [2.45, 2.75) is 111 Å². The molecule has 0 spiro atoms. The lowest BCUT2D eigenvalue weighted by Gasteiger charge is -2.17. The molecule has 0 fully saturated rings. The molecule has 0 saturated heterocycles. The summed E-state index contributed by atoms with van der Waals surface area (Å²) in [6.45, 7) is 9.16. The molecule has 0 amide bonds. The third kappa shape index (κ3) is 16.1. The van der Waals surface area contributed by atoms with Gasteiger partial charge in [-0.3, -0.25) is 0 Å². The molecule has 1 unspecified atom stereocenters. The van der Waals surface area contributed by atoms with Gasteiger partial charge < -0.3 is 4.74 Å². The molecule has 0 bridgehead atoms. The first-order valence-electron chi connectivity index (χ1n) is 12.0. The minimum atomic E-state index is -0.411. The highest BCUT2D eigenvalue weighted by atomic mass is 19.1. The Balaban J connectivity index is 0.00000245. The average Bonchev–Trinajstić information content (AvgIpc) is 2.71. The molecule has 0 N–H and O–H groups in total. The summed E-state index contributed by atoms with van der Waals surface area (Å²) in [6, 6.07) is 5.73. The van der Waals surface area contributed by atoms with Crippen LogP contribution in [-0.4, -0.2) is 12.6 Å². The fourth-order valence-electron chi connectivity index (χ4n) is 3.28. The van der Waals surface area contributed by atoms with Crippen LogP contribution in [0.4, 0.5) is 4.39 Å². The van der Waals surface area contributed by atoms with Gasteiger partial charge in [0.1, 0.15) is 5.82 Å². The van der Waals surface area contributed by atoms with Crippen LogP contribution in [0.1, 0.15) is 122 Å². The maximum atomic E-state index is 13.3. The number of benzene rings is 1. The summed E-state index contributed by atoms with van der Waals surface area (Å²) >= 11 is 0. The Bertz CT molecular complexity index is 501. The Morgan fingerprint density at radius 3 is 1.93 bits per heavy atom. The van der Waals surface area contributed by atoms with Crippen molar-refractivity contribution in [2.75, 3.05) is 6.61 Å². The lowest BCUT2D eigenvalue weighted by Crippen LogP contribution is -2.15. The number of unbranched alkanes of at least 4 members (excludes halogenated alkanes) is 8. The molecule has 0 radical (unpaired) electrons. The Hall–Kier alpha value is -1.38. The highest BCUT2D eigenvalue weighted by Gasteiger charge is 2.14. The van der Waals surface area contributed by atoms with E-state index in [9.17, 15) is 9.18 Å². The molecule has 0 aliphatic rings. The van der Waals surface area contributed by atoms with Crippen LogP contribution in [0.25, 0.3) is 0 Å². The summed E-state index contributed by atoms with van der Waals surface area (Å²) < 4.78 is 18.7. The third-order valence-corrected chi connectivity index (χ3v) is 4.94. The van der Waals surface area contributed by atoms with Crippen LogP contribution in [0.5, 0.6) is 0 Å². The van der Waals surface area contributed by atoms with Gasteiger partial charge in [0.15, 0.2) is 0 Å². The van der Waals surface area contributed by atoms with E-state index in [2.05, 4.69) is 27.7 Å². The summed E-state index contributed by atoms with van der Waals surface area (Å²) in [5, 5.41) is 0. The van der Waals surface area contributed by atoms with Gasteiger partial charge in [-0.2, -0.15) is 0 Å². The Kier molecular flexibility index (Phi) is 19.0. The molecule has 0 aromatic heterocycles. The van der Waals surface area contributed by atoms with Gasteiger partial charge in [0, 0.05) is 0 Å². The minimum absolute atomic E-state index is 0.300. The van der Waals surface area contributed by atoms with Crippen LogP contribution >= 0.6 is 0 Å². The number of halogens is 1. The van der Waals surface area contributed by atoms with E-state index < -0.39 is 11.8 Å². The van der Waals surface area contributed by atoms with Gasteiger partial charge in [0.2, 0.25) is 0 Å². The van der Waals surface area contributed by atoms with Crippen molar-refractivity contribution in [1.29, 1.82) is 0 Å². The van der Waals surface area contributed by atoms with Crippen LogP contribution in [0.15, 0.2) is 24.3 Å². The molecule has 0 saturated carbocycles. The molecule has 0 aliphatic heterocycles. The number of carbonyl (C=O) groups is 1. The van der Waals surface area contributed by atoms with Gasteiger partial charge in [0.05, 0.1) is 12.2 Å². The van der Waals surface area contributed by atoms with Crippen molar-refractivity contribution >= 4 is 5.97 Å². The van der Waals surface area contributed by atoms with E-state index in [-0.39, 0.29) is 0 Å². The van der Waals surface area contributed by atoms with Crippen molar-refractivity contribution in [3.63, 3.8) is 0 Å². The van der Waals surface area contributed by atoms with Crippen LogP contribution in [0, 0.1) is 11.7 Å². The number of esters is 1. The summed E-state index contributed by atoms with van der Waals surface area (Å²) in [5.74, 6) is -0.385. The molecule has 3 heteroatoms. The van der Waals surface area contributed by atoms with Crippen LogP contribution < -0.4 is 0 Å². The quantitative estimate of drug-likeness (QED) is 0.214. The minimum Gasteiger partial charge on any atom is -0.462 e. The molecular weight excluding hydrogens is 363 g/mol. The third-order valence-electron chi connectivity index (χ3n) is 4.94. The standard InChI is InChI=1S/C23H37FO2.C3H8/c1-3-5-7-9-10-12-15-20(14-11-8-6-4-2)19-26-23(25)21-16-13-17-22(24)18-21;1-3-2/h13,16-18,20H,3-12,14-15,19H2,1-2H3;3H2,1-2H3. The number of ether oxygens (including phenoxy) is 1. The first-order valence-corrected chi connectivity index (χ1v) is 12.0. The SMILES string of the molecule is CCC.CCCCCCCCC(CCCCCC)COC(=O)c1cccc(F)c1. The lowest BCUT2D eigenvalue weighted by molar-refractivity contribution is 0.0421. The molecule has 1 aromatic rings. The second kappa shape index (κ2) is 19.9. The van der Waals surface area contributed by atoms with Crippen molar-refractivity contribution in [1.82, 2.24) is 0 Å². The zero-order valence-electron chi connectivity index (χ0n) is 19.5. The molecule has 0 aliphatic carbocycles. The van der Waals surface area contributed by atoms with E-state index >= 15 is 0 Å². The number of hydrogen-bond donors (Lipinski definition) is 0. The van der Waals surface area contributed by atoms with Crippen molar-refractivity contribution in [3.8, 4) is 0 Å². The van der Waals surface area contributed by atoms with E-state index in [1.54, 1.807) is 12.1 Å². The van der Waals surface area contributed by atoms with Gasteiger partial charge >= 0.3 is 5.97 Å². The van der Waals surface area contributed by atoms with Gasteiger partial charge in [-0.1, -0.05) is 104 Å². The first-order chi connectivity index (χ1) is 14.1. The number of carbonyl (C=O) groups excluding carboxylic acids is 1. The fourth-order valence-corrected chi connectivity index (χ4v) is 3.28. The summed E-state index contributed by atoms with van der Waals surface area (Å²) in [6.07, 6.45) is 16.1. The molecule has 168 valence electrons. The summed E-state index contributed by atoms with van der Waals surface area (Å²) in [4.78, 5) is 12.1. The highest BCUT2D eigenvalue weighted by molar-refractivity contribution is 5.89. The van der Waals surface area contributed by atoms with Crippen molar-refractivity contribution in [2.24, 2.45) is 5.92 Å². The lowest BCUT2D eigenvalue weighted by atomic mass is 9.95. The summed E-state index contributed by atoms with van der Waals surface area (Å²) in [5.41, 5.74) is 0.300. The highest BCUT2D eigenvalue weighted by Crippen LogP contribution is 2.20. The van der Waals surface area contributed by atoms with Gasteiger partial charge in [-0.05, 0) is 37.0 Å². The van der Waals surface area contributed by atoms with Gasteiger partial charge in [-0.15, -0.1) is 0 Å². The summed E-state index contributed by atoms with van der Waals surface area (Å²) in [7, 11) is 0. The van der Waals surface area contributed by atoms with E-state index in [1.165, 1.54) is 82.8 Å². The monoisotopic (exact) mass is 408 g/mol. The zero-order valence-corrected chi connectivity index (χ0v) is 19.5. The Morgan fingerprint density at radius 1 is 0.862 bits per heavy atom. The molecular formula is C26H45FO2. The van der Waals surface area contributed by atoms with Gasteiger partial charge in [0.25, 0.3) is 0 Å². The molecule has 2 nitrogen and oxygen atoms in total. The molecule has 1 atom stereocenters. The zero-order chi connectivity index (χ0) is 21.7. The maximum absolute atomic E-state index is 13.3. The predicted molar refractivity (Wildman–Crippen MR) is 123 cm³/mol. The van der Waals surface area contributed by atoms with Crippen LogP contribution in [-0.2, 0) is 4.74 Å². The second-order valence-electron chi connectivity index (χ2n) is 8.09. The predicted octanol–water partition coefficient (Wildman–Crippen LogP) is 8.74. The molecule has 0 heterocycles. The topological polar surface area (TPSA) is 26.3 Å². The smallest absolute Gasteiger partial charge is 0.338 e. The van der Waals surface area contributed by atoms with Crippen LogP contribution in [0.3, 0.4) is 0 Å². The normalized spacial score (nSPS) is 11.5. The van der Waals surface area contributed by atoms with E-state index in [0.717, 1.165) is 12.8 Å². The second-order valence-corrected chi connectivity index (χ2v) is 8.09. The van der Waals surface area contributed by atoms with Crippen molar-refractivity contribution in [3.05, 3.63) is 35.6 Å². The van der Waals surface area contributed by atoms with E-state index in [1.807, 2.05) is 0 Å². The largest absolute Gasteiger partial charge is 0.462 e. The number of hydrogen-bond acceptors (Lipinski definition) is 2. The van der Waals surface area contributed by atoms with Crippen LogP contribution in [0.2, 0.25) is 0 Å². The molecule has 29 heavy (non-hydrogen) atoms. The molecule has 1 rings (SSSR count). The average molecular weight is 409 g/mol. The maximum Gasteiger partial charge on any atom is 0.338 e. The Labute approximate surface area is 179 Å². The van der Waals surface area contributed by atoms with Crippen molar-refractivity contribution < 1.29 is 13.9 Å². The molecule has 1 aromatic carbocycles. The Morgan fingerprint density at radius 2 is 1.38 bits per heavy atom. The van der Waals surface area contributed by atoms with Gasteiger partial charge in [-0.25, -0.2) is 9.18 Å².